The molecule has 0 aliphatic carbocycles. The molecular formula is C17H11ClO2. The third-order valence-electron chi connectivity index (χ3n) is 3.12. The molecule has 2 nitrogen and oxygen atoms in total. The summed E-state index contributed by atoms with van der Waals surface area (Å²) in [5, 5.41) is 0.127. The molecule has 0 fully saturated rings. The Bertz CT molecular complexity index is 727. The first-order valence-corrected chi connectivity index (χ1v) is 6.56. The van der Waals surface area contributed by atoms with Crippen LogP contribution in [-0.2, 0) is 0 Å². The number of halogens is 1. The molecule has 0 aliphatic heterocycles. The summed E-state index contributed by atoms with van der Waals surface area (Å²) in [7, 11) is 0. The van der Waals surface area contributed by atoms with Gasteiger partial charge in [-0.2, -0.15) is 0 Å². The van der Waals surface area contributed by atoms with Crippen molar-refractivity contribution in [3.05, 3.63) is 83.3 Å². The lowest BCUT2D eigenvalue weighted by molar-refractivity contribution is 0.103. The van der Waals surface area contributed by atoms with E-state index in [2.05, 4.69) is 0 Å². The van der Waals surface area contributed by atoms with Crippen LogP contribution < -0.4 is 0 Å². The molecule has 0 saturated carbocycles. The van der Waals surface area contributed by atoms with Crippen molar-refractivity contribution < 1.29 is 9.21 Å². The monoisotopic (exact) mass is 282 g/mol. The minimum Gasteiger partial charge on any atom is -0.452 e. The summed E-state index contributed by atoms with van der Waals surface area (Å²) in [5.74, 6) is -0.136. The van der Waals surface area contributed by atoms with Crippen LogP contribution in [0.5, 0.6) is 0 Å². The first-order chi connectivity index (χ1) is 9.75. The third kappa shape index (κ3) is 2.38. The van der Waals surface area contributed by atoms with E-state index in [9.17, 15) is 4.79 Å². The quantitative estimate of drug-likeness (QED) is 0.644. The molecule has 3 aromatic rings. The van der Waals surface area contributed by atoms with Gasteiger partial charge in [-0.25, -0.2) is 0 Å². The second-order valence-electron chi connectivity index (χ2n) is 4.38. The molecule has 1 heterocycles. The fourth-order valence-corrected chi connectivity index (χ4v) is 2.26. The standard InChI is InChI=1S/C17H11ClO2/c18-17-15(10-11-20-17)16(19)14-8-6-13(7-9-14)12-4-2-1-3-5-12/h1-11H. The highest BCUT2D eigenvalue weighted by Gasteiger charge is 2.15. The van der Waals surface area contributed by atoms with Crippen molar-refractivity contribution in [2.75, 3.05) is 0 Å². The predicted octanol–water partition coefficient (Wildman–Crippen LogP) is 4.83. The lowest BCUT2D eigenvalue weighted by Gasteiger charge is -2.03. The molecule has 0 N–H and O–H groups in total. The molecule has 0 amide bonds. The SMILES string of the molecule is O=C(c1ccc(-c2ccccc2)cc1)c1ccoc1Cl. The summed E-state index contributed by atoms with van der Waals surface area (Å²) in [6.45, 7) is 0. The molecule has 98 valence electrons. The Morgan fingerprint density at radius 2 is 1.50 bits per heavy atom. The zero-order chi connectivity index (χ0) is 13.9. The molecule has 3 heteroatoms. The van der Waals surface area contributed by atoms with Gasteiger partial charge in [0.2, 0.25) is 5.22 Å². The zero-order valence-electron chi connectivity index (χ0n) is 10.5. The van der Waals surface area contributed by atoms with E-state index in [1.54, 1.807) is 18.2 Å². The molecule has 1 aromatic heterocycles. The summed E-state index contributed by atoms with van der Waals surface area (Å²) in [5.41, 5.74) is 3.17. The number of carbonyl (C=O) groups excluding carboxylic acids is 1. The average molecular weight is 283 g/mol. The third-order valence-corrected chi connectivity index (χ3v) is 3.41. The maximum atomic E-state index is 12.2. The van der Waals surface area contributed by atoms with Crippen molar-refractivity contribution in [3.8, 4) is 11.1 Å². The van der Waals surface area contributed by atoms with E-state index < -0.39 is 0 Å². The van der Waals surface area contributed by atoms with E-state index in [0.717, 1.165) is 11.1 Å². The Morgan fingerprint density at radius 1 is 0.850 bits per heavy atom. The van der Waals surface area contributed by atoms with Gasteiger partial charge in [0, 0.05) is 5.56 Å². The normalized spacial score (nSPS) is 10.4. The number of rotatable bonds is 3. The molecule has 2 aromatic carbocycles. The molecule has 0 spiro atoms. The van der Waals surface area contributed by atoms with Crippen molar-refractivity contribution in [1.29, 1.82) is 0 Å². The van der Waals surface area contributed by atoms with Gasteiger partial charge in [-0.15, -0.1) is 0 Å². The van der Waals surface area contributed by atoms with Crippen molar-refractivity contribution in [2.45, 2.75) is 0 Å². The molecule has 0 aliphatic rings. The van der Waals surface area contributed by atoms with Gasteiger partial charge in [-0.3, -0.25) is 4.79 Å². The fraction of sp³-hybridized carbons (Fsp3) is 0. The Balaban J connectivity index is 1.91. The molecule has 3 rings (SSSR count). The van der Waals surface area contributed by atoms with Gasteiger partial charge in [0.1, 0.15) is 0 Å². The molecule has 0 radical (unpaired) electrons. The van der Waals surface area contributed by atoms with E-state index in [4.69, 9.17) is 16.0 Å². The highest BCUT2D eigenvalue weighted by molar-refractivity contribution is 6.33. The highest BCUT2D eigenvalue weighted by Crippen LogP contribution is 2.23. The lowest BCUT2D eigenvalue weighted by Crippen LogP contribution is -1.99. The highest BCUT2D eigenvalue weighted by atomic mass is 35.5. The van der Waals surface area contributed by atoms with Crippen molar-refractivity contribution in [2.24, 2.45) is 0 Å². The summed E-state index contributed by atoms with van der Waals surface area (Å²) in [6, 6.07) is 19.0. The Hall–Kier alpha value is -2.32. The van der Waals surface area contributed by atoms with Crippen molar-refractivity contribution >= 4 is 17.4 Å². The van der Waals surface area contributed by atoms with E-state index in [-0.39, 0.29) is 11.0 Å². The first-order valence-electron chi connectivity index (χ1n) is 6.19. The molecule has 0 unspecified atom stereocenters. The lowest BCUT2D eigenvalue weighted by atomic mass is 10.0. The van der Waals surface area contributed by atoms with Crippen LogP contribution in [0.25, 0.3) is 11.1 Å². The largest absolute Gasteiger partial charge is 0.452 e. The second kappa shape index (κ2) is 5.35. The minimum atomic E-state index is -0.136. The average Bonchev–Trinajstić information content (AvgIpc) is 2.94. The van der Waals surface area contributed by atoms with Gasteiger partial charge in [0.25, 0.3) is 0 Å². The van der Waals surface area contributed by atoms with E-state index in [1.165, 1.54) is 6.26 Å². The van der Waals surface area contributed by atoms with Gasteiger partial charge in [-0.1, -0.05) is 54.6 Å². The van der Waals surface area contributed by atoms with Crippen LogP contribution >= 0.6 is 11.6 Å². The molecule has 0 saturated heterocycles. The summed E-state index contributed by atoms with van der Waals surface area (Å²) in [6.07, 6.45) is 1.41. The van der Waals surface area contributed by atoms with E-state index >= 15 is 0 Å². The number of benzene rings is 2. The second-order valence-corrected chi connectivity index (χ2v) is 4.72. The minimum absolute atomic E-state index is 0.127. The predicted molar refractivity (Wildman–Crippen MR) is 79.0 cm³/mol. The van der Waals surface area contributed by atoms with Gasteiger partial charge in [0.05, 0.1) is 11.8 Å². The van der Waals surface area contributed by atoms with Gasteiger partial charge in [0.15, 0.2) is 5.78 Å². The van der Waals surface area contributed by atoms with E-state index in [0.29, 0.717) is 11.1 Å². The topological polar surface area (TPSA) is 30.2 Å². The molecule has 20 heavy (non-hydrogen) atoms. The van der Waals surface area contributed by atoms with Crippen molar-refractivity contribution in [3.63, 3.8) is 0 Å². The Morgan fingerprint density at radius 3 is 2.10 bits per heavy atom. The number of carbonyl (C=O) groups is 1. The Kier molecular flexibility index (Phi) is 3.40. The van der Waals surface area contributed by atoms with E-state index in [1.807, 2.05) is 42.5 Å². The van der Waals surface area contributed by atoms with Crippen LogP contribution in [0.15, 0.2) is 71.3 Å². The smallest absolute Gasteiger partial charge is 0.204 e. The van der Waals surface area contributed by atoms with Crippen LogP contribution in [0.3, 0.4) is 0 Å². The number of furan rings is 1. The Labute approximate surface area is 121 Å². The zero-order valence-corrected chi connectivity index (χ0v) is 11.3. The number of hydrogen-bond donors (Lipinski definition) is 0. The van der Waals surface area contributed by atoms with Crippen molar-refractivity contribution in [1.82, 2.24) is 0 Å². The summed E-state index contributed by atoms with van der Waals surface area (Å²) < 4.78 is 4.94. The van der Waals surface area contributed by atoms with Gasteiger partial charge in [-0.05, 0) is 28.8 Å². The maximum absolute atomic E-state index is 12.2. The fourth-order valence-electron chi connectivity index (χ4n) is 2.06. The van der Waals surface area contributed by atoms with Gasteiger partial charge < -0.3 is 4.42 Å². The van der Waals surface area contributed by atoms with Gasteiger partial charge >= 0.3 is 0 Å². The summed E-state index contributed by atoms with van der Waals surface area (Å²) >= 11 is 5.82. The maximum Gasteiger partial charge on any atom is 0.204 e. The van der Waals surface area contributed by atoms with Crippen LogP contribution in [-0.4, -0.2) is 5.78 Å². The molecule has 0 atom stereocenters. The van der Waals surface area contributed by atoms with Crippen LogP contribution in [0.2, 0.25) is 5.22 Å². The van der Waals surface area contributed by atoms with Crippen LogP contribution in [0.4, 0.5) is 0 Å². The number of ketones is 1. The van der Waals surface area contributed by atoms with Crippen LogP contribution in [0.1, 0.15) is 15.9 Å². The first kappa shape index (κ1) is 12.7. The van der Waals surface area contributed by atoms with Crippen LogP contribution in [0, 0.1) is 0 Å². The molecular weight excluding hydrogens is 272 g/mol. The number of hydrogen-bond acceptors (Lipinski definition) is 2. The molecule has 0 bridgehead atoms. The summed E-state index contributed by atoms with van der Waals surface area (Å²) in [4.78, 5) is 12.2.